The number of pyridine rings is 1. The summed E-state index contributed by atoms with van der Waals surface area (Å²) in [6.07, 6.45) is 7.92. The number of nitrogens with one attached hydrogen (secondary N) is 2. The van der Waals surface area contributed by atoms with Gasteiger partial charge in [-0.05, 0) is 37.1 Å². The molecular formula is C20H19N5O2. The Morgan fingerprint density at radius 1 is 1.44 bits per heavy atom. The Morgan fingerprint density at radius 2 is 2.30 bits per heavy atom. The Hall–Kier alpha value is -3.66. The molecule has 136 valence electrons. The van der Waals surface area contributed by atoms with Gasteiger partial charge in [0.1, 0.15) is 17.3 Å². The summed E-state index contributed by atoms with van der Waals surface area (Å²) in [7, 11) is 1.60. The zero-order valence-corrected chi connectivity index (χ0v) is 15.1. The first-order chi connectivity index (χ1) is 13.1. The Bertz CT molecular complexity index is 1030. The van der Waals surface area contributed by atoms with Crippen LogP contribution in [0.1, 0.15) is 35.1 Å². The summed E-state index contributed by atoms with van der Waals surface area (Å²) < 4.78 is 5.14. The third-order valence-corrected chi connectivity index (χ3v) is 4.00. The lowest BCUT2D eigenvalue weighted by Crippen LogP contribution is -2.32. The molecule has 3 rings (SSSR count). The normalized spacial score (nSPS) is 12.0. The quantitative estimate of drug-likeness (QED) is 0.702. The van der Waals surface area contributed by atoms with Gasteiger partial charge < -0.3 is 15.0 Å². The molecule has 0 aliphatic rings. The fraction of sp³-hybridized carbons (Fsp3) is 0.200. The van der Waals surface area contributed by atoms with Crippen molar-refractivity contribution in [2.45, 2.75) is 19.4 Å². The van der Waals surface area contributed by atoms with Gasteiger partial charge in [0, 0.05) is 12.2 Å². The number of hydrogen-bond acceptors (Lipinski definition) is 5. The lowest BCUT2D eigenvalue weighted by Gasteiger charge is -2.10. The molecule has 0 fully saturated rings. The number of aromatic nitrogens is 3. The number of H-pyrrole nitrogens is 1. The van der Waals surface area contributed by atoms with Gasteiger partial charge in [-0.15, -0.1) is 0 Å². The van der Waals surface area contributed by atoms with Crippen molar-refractivity contribution < 1.29 is 9.53 Å². The average molecular weight is 361 g/mol. The maximum absolute atomic E-state index is 12.4. The molecule has 0 saturated carbocycles. The van der Waals surface area contributed by atoms with Crippen molar-refractivity contribution in [1.29, 1.82) is 5.26 Å². The second kappa shape index (κ2) is 8.15. The number of fused-ring (bicyclic) bond motifs is 1. The van der Waals surface area contributed by atoms with Crippen molar-refractivity contribution in [3.05, 3.63) is 59.7 Å². The molecule has 0 saturated heterocycles. The molecule has 27 heavy (non-hydrogen) atoms. The highest BCUT2D eigenvalue weighted by molar-refractivity contribution is 5.95. The van der Waals surface area contributed by atoms with E-state index in [0.717, 1.165) is 5.56 Å². The molecule has 1 amide bonds. The first-order valence-corrected chi connectivity index (χ1v) is 8.46. The second-order valence-electron chi connectivity index (χ2n) is 6.07. The molecule has 7 nitrogen and oxygen atoms in total. The maximum atomic E-state index is 12.4. The fourth-order valence-electron chi connectivity index (χ4n) is 2.63. The number of nitriles is 1. The lowest BCUT2D eigenvalue weighted by atomic mass is 10.2. The van der Waals surface area contributed by atoms with Crippen LogP contribution in [0.5, 0.6) is 5.75 Å². The third-order valence-electron chi connectivity index (χ3n) is 4.00. The van der Waals surface area contributed by atoms with Crippen LogP contribution in [-0.2, 0) is 0 Å². The molecule has 2 N–H and O–H groups in total. The number of aromatic amines is 1. The van der Waals surface area contributed by atoms with Crippen LogP contribution in [-0.4, -0.2) is 34.0 Å². The Kier molecular flexibility index (Phi) is 5.47. The molecule has 1 atom stereocenters. The van der Waals surface area contributed by atoms with E-state index in [1.54, 1.807) is 37.7 Å². The highest BCUT2D eigenvalue weighted by Gasteiger charge is 2.15. The molecule has 2 aromatic heterocycles. The summed E-state index contributed by atoms with van der Waals surface area (Å²) in [5.41, 5.74) is 2.53. The number of ether oxygens (including phenoxy) is 1. The van der Waals surface area contributed by atoms with Crippen molar-refractivity contribution in [3.8, 4) is 11.8 Å². The number of nitrogens with zero attached hydrogens (tertiary/aromatic N) is 3. The van der Waals surface area contributed by atoms with Crippen molar-refractivity contribution in [2.24, 2.45) is 0 Å². The number of para-hydroxylation sites is 1. The van der Waals surface area contributed by atoms with E-state index in [1.807, 2.05) is 25.1 Å². The van der Waals surface area contributed by atoms with E-state index in [-0.39, 0.29) is 17.8 Å². The number of benzene rings is 1. The van der Waals surface area contributed by atoms with Crippen LogP contribution in [0, 0.1) is 11.3 Å². The summed E-state index contributed by atoms with van der Waals surface area (Å²) in [6, 6.07) is 9.08. The highest BCUT2D eigenvalue weighted by atomic mass is 16.5. The molecule has 2 heterocycles. The average Bonchev–Trinajstić information content (AvgIpc) is 3.12. The van der Waals surface area contributed by atoms with Crippen molar-refractivity contribution >= 4 is 23.0 Å². The number of rotatable bonds is 6. The summed E-state index contributed by atoms with van der Waals surface area (Å²) in [4.78, 5) is 23.7. The number of amides is 1. The first-order valence-electron chi connectivity index (χ1n) is 8.46. The molecule has 0 aliphatic carbocycles. The number of hydrogen-bond donors (Lipinski definition) is 2. The number of methoxy groups -OCH3 is 1. The van der Waals surface area contributed by atoms with Gasteiger partial charge in [-0.2, -0.15) is 5.26 Å². The van der Waals surface area contributed by atoms with Crippen molar-refractivity contribution in [3.63, 3.8) is 0 Å². The van der Waals surface area contributed by atoms with Gasteiger partial charge in [0.15, 0.2) is 5.82 Å². The number of carbonyl (C=O) groups is 1. The minimum atomic E-state index is -0.306. The molecule has 0 unspecified atom stereocenters. The van der Waals surface area contributed by atoms with Crippen LogP contribution in [0.3, 0.4) is 0 Å². The molecular weight excluding hydrogens is 342 g/mol. The van der Waals surface area contributed by atoms with Crippen LogP contribution in [0.15, 0.2) is 42.7 Å². The van der Waals surface area contributed by atoms with Crippen LogP contribution in [0.4, 0.5) is 0 Å². The topological polar surface area (TPSA) is 104 Å². The summed E-state index contributed by atoms with van der Waals surface area (Å²) in [5.74, 6) is 0.583. The van der Waals surface area contributed by atoms with E-state index in [9.17, 15) is 4.79 Å². The monoisotopic (exact) mass is 361 g/mol. The van der Waals surface area contributed by atoms with Crippen LogP contribution in [0.25, 0.3) is 17.1 Å². The fourth-order valence-corrected chi connectivity index (χ4v) is 2.63. The summed E-state index contributed by atoms with van der Waals surface area (Å²) in [5, 5.41) is 12.0. The van der Waals surface area contributed by atoms with E-state index in [2.05, 4.69) is 26.3 Å². The Labute approximate surface area is 156 Å². The standard InChI is InChI=1S/C20H19N5O2/c1-13(5-3-6-14-9-16(27-2)12-22-11-14)23-20(26)19-24-17-8-4-7-15(10-21)18(17)25-19/h3-4,6-9,11-13H,5H2,1-2H3,(H,23,26)(H,24,25)/b6-3+/t13-/m0/s1. The van der Waals surface area contributed by atoms with E-state index in [1.165, 1.54) is 0 Å². The smallest absolute Gasteiger partial charge is 0.287 e. The van der Waals surface area contributed by atoms with E-state index >= 15 is 0 Å². The molecule has 0 bridgehead atoms. The zero-order valence-electron chi connectivity index (χ0n) is 15.1. The SMILES string of the molecule is COc1cncc(/C=C/C[C@H](C)NC(=O)c2nc3c(C#N)cccc3[nH]2)c1. The van der Waals surface area contributed by atoms with E-state index in [4.69, 9.17) is 10.00 Å². The second-order valence-corrected chi connectivity index (χ2v) is 6.07. The molecule has 1 aromatic carbocycles. The predicted octanol–water partition coefficient (Wildman–Crippen LogP) is 3.06. The molecule has 7 heteroatoms. The van der Waals surface area contributed by atoms with Crippen LogP contribution < -0.4 is 10.1 Å². The summed E-state index contributed by atoms with van der Waals surface area (Å²) >= 11 is 0. The number of imidazole rings is 1. The van der Waals surface area contributed by atoms with Gasteiger partial charge in [-0.25, -0.2) is 4.98 Å². The molecule has 3 aromatic rings. The molecule has 0 spiro atoms. The minimum Gasteiger partial charge on any atom is -0.495 e. The largest absolute Gasteiger partial charge is 0.495 e. The van der Waals surface area contributed by atoms with Crippen molar-refractivity contribution in [1.82, 2.24) is 20.3 Å². The first kappa shape index (κ1) is 18.1. The Balaban J connectivity index is 1.62. The molecule has 0 aliphatic heterocycles. The van der Waals surface area contributed by atoms with Crippen molar-refractivity contribution in [2.75, 3.05) is 7.11 Å². The minimum absolute atomic E-state index is 0.0871. The summed E-state index contributed by atoms with van der Waals surface area (Å²) in [6.45, 7) is 1.91. The Morgan fingerprint density at radius 3 is 3.07 bits per heavy atom. The van der Waals surface area contributed by atoms with Gasteiger partial charge in [-0.1, -0.05) is 18.2 Å². The van der Waals surface area contributed by atoms with E-state index in [0.29, 0.717) is 28.8 Å². The van der Waals surface area contributed by atoms with E-state index < -0.39 is 0 Å². The van der Waals surface area contributed by atoms with Gasteiger partial charge in [0.05, 0.1) is 24.4 Å². The maximum Gasteiger partial charge on any atom is 0.287 e. The number of carbonyl (C=O) groups excluding carboxylic acids is 1. The highest BCUT2D eigenvalue weighted by Crippen LogP contribution is 2.16. The zero-order chi connectivity index (χ0) is 19.2. The van der Waals surface area contributed by atoms with Gasteiger partial charge in [0.25, 0.3) is 5.91 Å². The van der Waals surface area contributed by atoms with Gasteiger partial charge in [-0.3, -0.25) is 9.78 Å². The van der Waals surface area contributed by atoms with Gasteiger partial charge >= 0.3 is 0 Å². The molecule has 0 radical (unpaired) electrons. The van der Waals surface area contributed by atoms with Crippen LogP contribution >= 0.6 is 0 Å². The third kappa shape index (κ3) is 4.30. The lowest BCUT2D eigenvalue weighted by molar-refractivity contribution is 0.0931. The predicted molar refractivity (Wildman–Crippen MR) is 102 cm³/mol. The van der Waals surface area contributed by atoms with Crippen LogP contribution in [0.2, 0.25) is 0 Å². The van der Waals surface area contributed by atoms with Gasteiger partial charge in [0.2, 0.25) is 0 Å².